The minimum absolute atomic E-state index is 0.00156. The Morgan fingerprint density at radius 3 is 1.88 bits per heavy atom. The molecule has 0 bridgehead atoms. The van der Waals surface area contributed by atoms with Gasteiger partial charge in [0, 0.05) is 90.6 Å². The Kier molecular flexibility index (Phi) is 12.3. The number of alkyl halides is 2. The standard InChI is InChI=1S/C46H60F2N12O6/c1-6-45(61)11-9-29(10-12-45)36-13-34(38-18-49-43(55-59(36)38)53-27(2)22-62-4)32-17-52-58(21-32)40-26-65-42(40)66-41-8-7-30(15-46(41,47)48)37-14-35(31-16-51-57(20-31)33-24-64-25-33)39-19-50-44(56-60(37)39)54-28(3)23-63-5/h13-14,16-21,27-30,33,40-42,61H,6-12,15,22-26H2,1-5H3,(H,53,55)(H,54,56)/t27-,28-,29-,30-,40?,41-,42?,45-/m0/s1. The molecule has 20 heteroatoms. The summed E-state index contributed by atoms with van der Waals surface area (Å²) in [4.78, 5) is 9.24. The third-order valence-electron chi connectivity index (χ3n) is 14.1. The summed E-state index contributed by atoms with van der Waals surface area (Å²) in [6.45, 7) is 8.42. The second kappa shape index (κ2) is 18.2. The van der Waals surface area contributed by atoms with E-state index in [9.17, 15) is 5.11 Å². The van der Waals surface area contributed by atoms with Gasteiger partial charge in [-0.25, -0.2) is 27.8 Å². The highest BCUT2D eigenvalue weighted by Crippen LogP contribution is 2.47. The van der Waals surface area contributed by atoms with E-state index in [2.05, 4.69) is 31.8 Å². The van der Waals surface area contributed by atoms with Crippen LogP contribution in [0.2, 0.25) is 0 Å². The van der Waals surface area contributed by atoms with E-state index in [4.69, 9.17) is 39.0 Å². The van der Waals surface area contributed by atoms with E-state index in [1.165, 1.54) is 0 Å². The summed E-state index contributed by atoms with van der Waals surface area (Å²) in [7, 11) is 3.29. The van der Waals surface area contributed by atoms with Crippen LogP contribution in [0.25, 0.3) is 33.3 Å². The maximum Gasteiger partial charge on any atom is 0.274 e. The summed E-state index contributed by atoms with van der Waals surface area (Å²) in [5.41, 5.74) is 6.03. The van der Waals surface area contributed by atoms with E-state index in [0.717, 1.165) is 65.6 Å². The van der Waals surface area contributed by atoms with Crippen molar-refractivity contribution >= 4 is 22.9 Å². The van der Waals surface area contributed by atoms with E-state index >= 15 is 8.78 Å². The molecule has 6 aromatic heterocycles. The van der Waals surface area contributed by atoms with E-state index in [1.807, 2.05) is 54.6 Å². The van der Waals surface area contributed by atoms with Gasteiger partial charge in [-0.3, -0.25) is 9.36 Å². The van der Waals surface area contributed by atoms with Gasteiger partial charge in [0.2, 0.25) is 11.9 Å². The number of rotatable bonds is 17. The third kappa shape index (κ3) is 8.66. The summed E-state index contributed by atoms with van der Waals surface area (Å²) >= 11 is 0. The lowest BCUT2D eigenvalue weighted by Crippen LogP contribution is -2.50. The summed E-state index contributed by atoms with van der Waals surface area (Å²) in [5, 5.41) is 36.7. The number of halogens is 2. The summed E-state index contributed by atoms with van der Waals surface area (Å²) in [5.74, 6) is -2.62. The molecule has 2 aliphatic carbocycles. The van der Waals surface area contributed by atoms with Crippen LogP contribution < -0.4 is 10.6 Å². The molecule has 18 nitrogen and oxygen atoms in total. The van der Waals surface area contributed by atoms with Gasteiger partial charge in [0.1, 0.15) is 12.1 Å². The van der Waals surface area contributed by atoms with Crippen LogP contribution in [0.3, 0.4) is 0 Å². The van der Waals surface area contributed by atoms with E-state index < -0.39 is 42.3 Å². The Bertz CT molecular complexity index is 2640. The monoisotopic (exact) mass is 914 g/mol. The van der Waals surface area contributed by atoms with Gasteiger partial charge in [-0.2, -0.15) is 10.2 Å². The lowest BCUT2D eigenvalue weighted by Gasteiger charge is -2.42. The Hall–Kier alpha value is -5.12. The number of anilines is 2. The molecule has 2 aliphatic heterocycles. The molecule has 3 N–H and O–H groups in total. The third-order valence-corrected chi connectivity index (χ3v) is 14.1. The average molecular weight is 915 g/mol. The molecule has 0 aromatic carbocycles. The van der Waals surface area contributed by atoms with Crippen molar-refractivity contribution in [1.82, 2.24) is 48.8 Å². The summed E-state index contributed by atoms with van der Waals surface area (Å²) in [6, 6.07) is 3.80. The Balaban J connectivity index is 0.863. The number of aliphatic hydroxyl groups is 1. The highest BCUT2D eigenvalue weighted by atomic mass is 19.3. The molecular weight excluding hydrogens is 855 g/mol. The predicted octanol–water partition coefficient (Wildman–Crippen LogP) is 6.65. The molecule has 10 rings (SSSR count). The van der Waals surface area contributed by atoms with Gasteiger partial charge in [-0.1, -0.05) is 6.92 Å². The fourth-order valence-corrected chi connectivity index (χ4v) is 10.0. The fraction of sp³-hybridized carbons (Fsp3) is 0.609. The van der Waals surface area contributed by atoms with Gasteiger partial charge < -0.3 is 39.4 Å². The van der Waals surface area contributed by atoms with Crippen LogP contribution in [0.4, 0.5) is 20.7 Å². The van der Waals surface area contributed by atoms with Gasteiger partial charge >= 0.3 is 0 Å². The molecule has 0 radical (unpaired) electrons. The van der Waals surface area contributed by atoms with Gasteiger partial charge in [-0.15, -0.1) is 10.2 Å². The average Bonchev–Trinajstić information content (AvgIpc) is 4.08. The van der Waals surface area contributed by atoms with E-state index in [-0.39, 0.29) is 37.1 Å². The molecular formula is C46H60F2N12O6. The van der Waals surface area contributed by atoms with Crippen molar-refractivity contribution in [3.05, 3.63) is 60.7 Å². The largest absolute Gasteiger partial charge is 0.390 e. The molecule has 6 aromatic rings. The van der Waals surface area contributed by atoms with Gasteiger partial charge in [0.15, 0.2) is 6.29 Å². The molecule has 4 fully saturated rings. The van der Waals surface area contributed by atoms with Gasteiger partial charge in [0.25, 0.3) is 5.92 Å². The number of fused-ring (bicyclic) bond motifs is 2. The zero-order valence-corrected chi connectivity index (χ0v) is 38.1. The van der Waals surface area contributed by atoms with Crippen LogP contribution >= 0.6 is 0 Å². The summed E-state index contributed by atoms with van der Waals surface area (Å²) in [6.07, 6.45) is 12.7. The van der Waals surface area contributed by atoms with Crippen molar-refractivity contribution in [3.63, 3.8) is 0 Å². The Labute approximate surface area is 381 Å². The lowest BCUT2D eigenvalue weighted by atomic mass is 9.76. The molecule has 8 heterocycles. The van der Waals surface area contributed by atoms with Crippen molar-refractivity contribution in [2.45, 2.75) is 132 Å². The maximum atomic E-state index is 16.5. The quantitative estimate of drug-likeness (QED) is 0.0883. The highest BCUT2D eigenvalue weighted by Gasteiger charge is 2.50. The number of aromatic nitrogens is 10. The van der Waals surface area contributed by atoms with E-state index in [0.29, 0.717) is 56.0 Å². The fourth-order valence-electron chi connectivity index (χ4n) is 10.0. The lowest BCUT2D eigenvalue weighted by molar-refractivity contribution is -0.305. The first-order valence-electron chi connectivity index (χ1n) is 23.2. The number of methoxy groups -OCH3 is 2. The number of hydrogen-bond donors (Lipinski definition) is 3. The van der Waals surface area contributed by atoms with Crippen molar-refractivity contribution in [2.75, 3.05) is 57.9 Å². The Morgan fingerprint density at radius 1 is 0.788 bits per heavy atom. The molecule has 2 saturated heterocycles. The smallest absolute Gasteiger partial charge is 0.274 e. The van der Waals surface area contributed by atoms with Crippen LogP contribution in [0.15, 0.2) is 49.3 Å². The number of nitrogens with zero attached hydrogens (tertiary/aromatic N) is 10. The molecule has 2 saturated carbocycles. The molecule has 354 valence electrons. The van der Waals surface area contributed by atoms with Crippen LogP contribution in [0, 0.1) is 0 Å². The SMILES string of the molecule is CC[C@]1(O)CC[C@H](c2cc(-c3cnn(C4COC4O[C@H]4CC[C@H](c5cc(-c6cnn(C7COC7)c6)c6cnc(N[C@@H](C)COC)nn56)CC4(F)F)c3)c3cnc(N[C@@H](C)COC)nn32)CC1. The first-order valence-corrected chi connectivity index (χ1v) is 23.2. The second-order valence-electron chi connectivity index (χ2n) is 18.8. The highest BCUT2D eigenvalue weighted by molar-refractivity contribution is 5.82. The van der Waals surface area contributed by atoms with Crippen molar-refractivity contribution in [2.24, 2.45) is 0 Å². The van der Waals surface area contributed by atoms with Crippen LogP contribution in [-0.4, -0.2) is 137 Å². The molecule has 2 unspecified atom stereocenters. The first-order chi connectivity index (χ1) is 31.9. The van der Waals surface area contributed by atoms with Crippen LogP contribution in [0.5, 0.6) is 0 Å². The molecule has 6 atom stereocenters. The molecule has 0 spiro atoms. The molecule has 66 heavy (non-hydrogen) atoms. The topological polar surface area (TPSA) is 186 Å². The molecule has 4 aliphatic rings. The van der Waals surface area contributed by atoms with Crippen LogP contribution in [-0.2, 0) is 23.7 Å². The molecule has 0 amide bonds. The number of ether oxygens (including phenoxy) is 5. The Morgan fingerprint density at radius 2 is 1.36 bits per heavy atom. The minimum atomic E-state index is -3.16. The van der Waals surface area contributed by atoms with E-state index in [1.54, 1.807) is 42.0 Å². The maximum absolute atomic E-state index is 16.5. The summed E-state index contributed by atoms with van der Waals surface area (Å²) < 4.78 is 68.3. The first kappa shape index (κ1) is 44.7. The second-order valence-corrected chi connectivity index (χ2v) is 18.8. The minimum Gasteiger partial charge on any atom is -0.390 e. The zero-order valence-electron chi connectivity index (χ0n) is 38.1. The normalized spacial score (nSPS) is 26.6. The van der Waals surface area contributed by atoms with Crippen molar-refractivity contribution in [3.8, 4) is 22.3 Å². The number of nitrogens with one attached hydrogen (secondary N) is 2. The van der Waals surface area contributed by atoms with Gasteiger partial charge in [0.05, 0.1) is 80.5 Å². The van der Waals surface area contributed by atoms with Crippen LogP contribution in [0.1, 0.15) is 107 Å². The predicted molar refractivity (Wildman–Crippen MR) is 240 cm³/mol. The number of hydrogen-bond acceptors (Lipinski definition) is 14. The van der Waals surface area contributed by atoms with Crippen molar-refractivity contribution < 1.29 is 37.6 Å². The zero-order chi connectivity index (χ0) is 45.7. The van der Waals surface area contributed by atoms with Gasteiger partial charge in [-0.05, 0) is 70.9 Å². The van der Waals surface area contributed by atoms with Crippen molar-refractivity contribution in [1.29, 1.82) is 0 Å².